The van der Waals surface area contributed by atoms with Crippen molar-refractivity contribution in [3.8, 4) is 56.7 Å². The van der Waals surface area contributed by atoms with Gasteiger partial charge in [0.25, 0.3) is 0 Å². The Morgan fingerprint density at radius 1 is 0.352 bits per heavy atom. The van der Waals surface area contributed by atoms with E-state index in [9.17, 15) is 0 Å². The summed E-state index contributed by atoms with van der Waals surface area (Å²) in [7, 11) is 0. The van der Waals surface area contributed by atoms with Crippen molar-refractivity contribution < 1.29 is 8.83 Å². The molecule has 54 heavy (non-hydrogen) atoms. The van der Waals surface area contributed by atoms with Gasteiger partial charge in [-0.3, -0.25) is 0 Å². The van der Waals surface area contributed by atoms with Crippen LogP contribution in [0.2, 0.25) is 0 Å². The van der Waals surface area contributed by atoms with Gasteiger partial charge in [0.1, 0.15) is 16.7 Å². The van der Waals surface area contributed by atoms with Gasteiger partial charge in [-0.15, -0.1) is 0 Å². The lowest BCUT2D eigenvalue weighted by Crippen LogP contribution is -2.01. The fourth-order valence-corrected chi connectivity index (χ4v) is 7.54. The number of aromatic nitrogens is 4. The number of furan rings is 1. The molecule has 0 atom stereocenters. The van der Waals surface area contributed by atoms with E-state index in [1.165, 1.54) is 0 Å². The van der Waals surface area contributed by atoms with Crippen LogP contribution in [-0.2, 0) is 0 Å². The summed E-state index contributed by atoms with van der Waals surface area (Å²) in [5.41, 5.74) is 8.71. The average Bonchev–Trinajstić information content (AvgIpc) is 3.86. The lowest BCUT2D eigenvalue weighted by atomic mass is 9.97. The second-order valence-electron chi connectivity index (χ2n) is 13.4. The van der Waals surface area contributed by atoms with Gasteiger partial charge in [-0.2, -0.15) is 0 Å². The van der Waals surface area contributed by atoms with Crippen LogP contribution in [0.15, 0.2) is 179 Å². The van der Waals surface area contributed by atoms with Crippen molar-refractivity contribution in [1.29, 1.82) is 0 Å². The molecule has 0 aliphatic carbocycles. The van der Waals surface area contributed by atoms with Crippen molar-refractivity contribution >= 4 is 54.6 Å². The Kier molecular flexibility index (Phi) is 6.75. The first kappa shape index (κ1) is 30.2. The van der Waals surface area contributed by atoms with E-state index in [0.717, 1.165) is 82.4 Å². The summed E-state index contributed by atoms with van der Waals surface area (Å²) in [6.07, 6.45) is 0. The van der Waals surface area contributed by atoms with Crippen LogP contribution >= 0.6 is 0 Å². The van der Waals surface area contributed by atoms with Crippen LogP contribution < -0.4 is 0 Å². The number of hydrogen-bond acceptors (Lipinski definition) is 6. The Morgan fingerprint density at radius 2 is 1.04 bits per heavy atom. The summed E-state index contributed by atoms with van der Waals surface area (Å²) in [5.74, 6) is 2.22. The molecule has 11 aromatic rings. The molecule has 0 saturated carbocycles. The van der Waals surface area contributed by atoms with Gasteiger partial charge in [0, 0.05) is 38.4 Å². The highest BCUT2D eigenvalue weighted by molar-refractivity contribution is 6.13. The molecule has 0 N–H and O–H groups in total. The average molecular weight is 693 g/mol. The van der Waals surface area contributed by atoms with Crippen LogP contribution in [0.1, 0.15) is 0 Å². The normalized spacial score (nSPS) is 11.7. The van der Waals surface area contributed by atoms with E-state index in [-0.39, 0.29) is 0 Å². The Balaban J connectivity index is 1.22. The van der Waals surface area contributed by atoms with E-state index in [0.29, 0.717) is 28.9 Å². The molecular formula is C48H28N4O2. The molecule has 0 unspecified atom stereocenters. The molecule has 0 saturated heterocycles. The summed E-state index contributed by atoms with van der Waals surface area (Å²) >= 11 is 0. The van der Waals surface area contributed by atoms with Crippen LogP contribution in [0.3, 0.4) is 0 Å². The van der Waals surface area contributed by atoms with Gasteiger partial charge in [-0.1, -0.05) is 121 Å². The number of para-hydroxylation sites is 1. The molecule has 0 amide bonds. The first-order valence-electron chi connectivity index (χ1n) is 17.9. The van der Waals surface area contributed by atoms with Crippen molar-refractivity contribution in [2.45, 2.75) is 0 Å². The smallest absolute Gasteiger partial charge is 0.227 e. The Labute approximate surface area is 309 Å². The van der Waals surface area contributed by atoms with Crippen molar-refractivity contribution in [2.24, 2.45) is 0 Å². The summed E-state index contributed by atoms with van der Waals surface area (Å²) in [6, 6.07) is 57.7. The predicted octanol–water partition coefficient (Wildman–Crippen LogP) is 12.6. The molecule has 0 aliphatic rings. The molecule has 0 radical (unpaired) electrons. The summed E-state index contributed by atoms with van der Waals surface area (Å²) in [6.45, 7) is 0. The first-order valence-corrected chi connectivity index (χ1v) is 17.9. The van der Waals surface area contributed by atoms with Gasteiger partial charge >= 0.3 is 0 Å². The maximum atomic E-state index is 6.54. The maximum Gasteiger partial charge on any atom is 0.227 e. The number of hydrogen-bond donors (Lipinski definition) is 0. The molecule has 3 aromatic heterocycles. The minimum atomic E-state index is 0.536. The molecule has 8 aromatic carbocycles. The monoisotopic (exact) mass is 692 g/mol. The van der Waals surface area contributed by atoms with Gasteiger partial charge in [0.05, 0.1) is 0 Å². The van der Waals surface area contributed by atoms with Gasteiger partial charge in [-0.25, -0.2) is 19.9 Å². The van der Waals surface area contributed by atoms with E-state index in [2.05, 4.69) is 97.1 Å². The lowest BCUT2D eigenvalue weighted by Gasteiger charge is -2.12. The third-order valence-corrected chi connectivity index (χ3v) is 10.1. The first-order chi connectivity index (χ1) is 26.7. The third-order valence-electron chi connectivity index (χ3n) is 10.1. The van der Waals surface area contributed by atoms with Crippen LogP contribution in [0.5, 0.6) is 0 Å². The number of oxazole rings is 1. The molecule has 252 valence electrons. The number of fused-ring (bicyclic) bond motifs is 7. The zero-order valence-corrected chi connectivity index (χ0v) is 28.8. The fraction of sp³-hybridized carbons (Fsp3) is 0. The van der Waals surface area contributed by atoms with Crippen LogP contribution in [0, 0.1) is 0 Å². The number of nitrogens with zero attached hydrogens (tertiary/aromatic N) is 4. The molecule has 6 heteroatoms. The molecule has 0 bridgehead atoms. The summed E-state index contributed by atoms with van der Waals surface area (Å²) in [5, 5.41) is 6.10. The van der Waals surface area contributed by atoms with E-state index in [1.54, 1.807) is 0 Å². The Bertz CT molecular complexity index is 3220. The van der Waals surface area contributed by atoms with E-state index in [1.807, 2.05) is 72.8 Å². The van der Waals surface area contributed by atoms with E-state index >= 15 is 0 Å². The zero-order valence-electron chi connectivity index (χ0n) is 28.8. The summed E-state index contributed by atoms with van der Waals surface area (Å²) < 4.78 is 12.8. The molecule has 0 aliphatic heterocycles. The van der Waals surface area contributed by atoms with Crippen LogP contribution in [-0.4, -0.2) is 19.9 Å². The minimum Gasteiger partial charge on any atom is -0.456 e. The second-order valence-corrected chi connectivity index (χ2v) is 13.4. The zero-order chi connectivity index (χ0) is 35.6. The highest BCUT2D eigenvalue weighted by Gasteiger charge is 2.22. The standard InChI is InChI=1S/C48H28N4O2/c1-3-12-29(13-4-1)33-24-25-35-38(27-33)39(28-40-44(35)54-48(49-40)31-15-5-2-6-16-31)47-51-45(34-23-22-30-14-7-8-17-32(30)26-34)50-46(52-47)37-19-11-21-42-43(37)36-18-9-10-20-41(36)53-42/h1-28H. The largest absolute Gasteiger partial charge is 0.456 e. The quantitative estimate of drug-likeness (QED) is 0.179. The SMILES string of the molecule is c1ccc(-c2ccc3c(c2)c(-c2nc(-c4ccc5ccccc5c4)nc(-c4cccc5oc6ccccc6c45)n2)cc2nc(-c4ccccc4)oc23)cc1. The van der Waals surface area contributed by atoms with Gasteiger partial charge < -0.3 is 8.83 Å². The van der Waals surface area contributed by atoms with Crippen molar-refractivity contribution in [3.05, 3.63) is 170 Å². The van der Waals surface area contributed by atoms with Crippen LogP contribution in [0.25, 0.3) is 111 Å². The minimum absolute atomic E-state index is 0.536. The second kappa shape index (κ2) is 12.1. The molecular weight excluding hydrogens is 665 g/mol. The van der Waals surface area contributed by atoms with Crippen molar-refractivity contribution in [1.82, 2.24) is 19.9 Å². The lowest BCUT2D eigenvalue weighted by molar-refractivity contribution is 0.623. The molecule has 6 nitrogen and oxygen atoms in total. The molecule has 3 heterocycles. The topological polar surface area (TPSA) is 77.8 Å². The molecule has 0 spiro atoms. The number of rotatable bonds is 5. The summed E-state index contributed by atoms with van der Waals surface area (Å²) in [4.78, 5) is 20.8. The van der Waals surface area contributed by atoms with Gasteiger partial charge in [0.15, 0.2) is 23.1 Å². The van der Waals surface area contributed by atoms with Crippen molar-refractivity contribution in [3.63, 3.8) is 0 Å². The van der Waals surface area contributed by atoms with Gasteiger partial charge in [-0.05, 0) is 75.8 Å². The highest BCUT2D eigenvalue weighted by Crippen LogP contribution is 2.40. The van der Waals surface area contributed by atoms with Crippen LogP contribution in [0.4, 0.5) is 0 Å². The predicted molar refractivity (Wildman–Crippen MR) is 217 cm³/mol. The Hall–Kier alpha value is -7.44. The fourth-order valence-electron chi connectivity index (χ4n) is 7.54. The van der Waals surface area contributed by atoms with E-state index < -0.39 is 0 Å². The Morgan fingerprint density at radius 3 is 1.89 bits per heavy atom. The number of benzene rings is 8. The van der Waals surface area contributed by atoms with Gasteiger partial charge in [0.2, 0.25) is 5.89 Å². The third kappa shape index (κ3) is 4.96. The molecule has 11 rings (SSSR count). The van der Waals surface area contributed by atoms with Crippen molar-refractivity contribution in [2.75, 3.05) is 0 Å². The maximum absolute atomic E-state index is 6.54. The molecule has 0 fully saturated rings. The van der Waals surface area contributed by atoms with E-state index in [4.69, 9.17) is 28.8 Å². The highest BCUT2D eigenvalue weighted by atomic mass is 16.3.